The second-order valence-electron chi connectivity index (χ2n) is 5.64. The Bertz CT molecular complexity index is 796. The third kappa shape index (κ3) is 4.59. The molecule has 1 amide bonds. The number of rotatable bonds is 7. The van der Waals surface area contributed by atoms with E-state index in [0.717, 1.165) is 0 Å². The minimum atomic E-state index is -5.04. The summed E-state index contributed by atoms with van der Waals surface area (Å²) in [5, 5.41) is 2.01. The lowest BCUT2D eigenvalue weighted by atomic mass is 9.97. The summed E-state index contributed by atoms with van der Waals surface area (Å²) >= 11 is 0. The molecule has 0 aromatic heterocycles. The molecule has 0 aliphatic heterocycles. The Morgan fingerprint density at radius 2 is 1.39 bits per heavy atom. The Morgan fingerprint density at radius 3 is 1.79 bits per heavy atom. The minimum absolute atomic E-state index is 0.247. The maximum Gasteiger partial charge on any atom is 0.471 e. The van der Waals surface area contributed by atoms with Crippen LogP contribution in [0.2, 0.25) is 0 Å². The standard InChI is InChI=1S/C19H20F3NO5/c1-25-13-7-5-11(6-8-13)16(23-18(24)19(20,21)22)12-9-14(26-2)17(28-4)15(10-12)27-3/h5-10,16H,1-4H3,(H,23,24). The molecule has 1 atom stereocenters. The van der Waals surface area contributed by atoms with E-state index >= 15 is 0 Å². The maximum atomic E-state index is 12.9. The van der Waals surface area contributed by atoms with Gasteiger partial charge in [-0.1, -0.05) is 12.1 Å². The number of hydrogen-bond acceptors (Lipinski definition) is 5. The van der Waals surface area contributed by atoms with Crippen LogP contribution < -0.4 is 24.3 Å². The third-order valence-electron chi connectivity index (χ3n) is 4.00. The second kappa shape index (κ2) is 8.73. The van der Waals surface area contributed by atoms with E-state index in [9.17, 15) is 18.0 Å². The van der Waals surface area contributed by atoms with E-state index in [0.29, 0.717) is 16.9 Å². The first-order chi connectivity index (χ1) is 13.2. The molecule has 0 bridgehead atoms. The van der Waals surface area contributed by atoms with Crippen LogP contribution in [-0.4, -0.2) is 40.5 Å². The molecule has 2 aromatic carbocycles. The predicted octanol–water partition coefficient (Wildman–Crippen LogP) is 3.49. The van der Waals surface area contributed by atoms with Gasteiger partial charge in [-0.15, -0.1) is 0 Å². The van der Waals surface area contributed by atoms with E-state index in [-0.39, 0.29) is 17.2 Å². The summed E-state index contributed by atoms with van der Waals surface area (Å²) in [6.07, 6.45) is -5.04. The largest absolute Gasteiger partial charge is 0.497 e. The molecule has 1 N–H and O–H groups in total. The van der Waals surface area contributed by atoms with Crippen LogP contribution in [0.3, 0.4) is 0 Å². The molecule has 2 aromatic rings. The van der Waals surface area contributed by atoms with Crippen LogP contribution >= 0.6 is 0 Å². The van der Waals surface area contributed by atoms with E-state index in [1.807, 2.05) is 5.32 Å². The van der Waals surface area contributed by atoms with Gasteiger partial charge in [-0.3, -0.25) is 4.79 Å². The van der Waals surface area contributed by atoms with Gasteiger partial charge >= 0.3 is 12.1 Å². The van der Waals surface area contributed by atoms with Crippen LogP contribution in [0, 0.1) is 0 Å². The van der Waals surface area contributed by atoms with E-state index in [1.54, 1.807) is 24.3 Å². The highest BCUT2D eigenvalue weighted by Gasteiger charge is 2.40. The molecule has 6 nitrogen and oxygen atoms in total. The highest BCUT2D eigenvalue weighted by Crippen LogP contribution is 2.41. The molecule has 0 aliphatic rings. The zero-order valence-corrected chi connectivity index (χ0v) is 15.7. The van der Waals surface area contributed by atoms with Gasteiger partial charge in [0.2, 0.25) is 5.75 Å². The summed E-state index contributed by atoms with van der Waals surface area (Å²) in [5.41, 5.74) is 0.727. The van der Waals surface area contributed by atoms with Crippen molar-refractivity contribution in [1.82, 2.24) is 5.32 Å². The lowest BCUT2D eigenvalue weighted by molar-refractivity contribution is -0.174. The Hall–Kier alpha value is -3.10. The first-order valence-electron chi connectivity index (χ1n) is 8.06. The molecule has 0 saturated carbocycles. The zero-order valence-electron chi connectivity index (χ0n) is 15.7. The van der Waals surface area contributed by atoms with Gasteiger partial charge in [-0.25, -0.2) is 0 Å². The molecule has 1 unspecified atom stereocenters. The Balaban J connectivity index is 2.58. The molecule has 0 fully saturated rings. The van der Waals surface area contributed by atoms with Gasteiger partial charge in [0.05, 0.1) is 34.5 Å². The quantitative estimate of drug-likeness (QED) is 0.772. The van der Waals surface area contributed by atoms with Crippen molar-refractivity contribution in [3.8, 4) is 23.0 Å². The van der Waals surface area contributed by atoms with Crippen LogP contribution in [0.4, 0.5) is 13.2 Å². The number of nitrogens with one attached hydrogen (secondary N) is 1. The molecule has 0 heterocycles. The first-order valence-corrected chi connectivity index (χ1v) is 8.06. The van der Waals surface area contributed by atoms with E-state index in [2.05, 4.69) is 0 Å². The normalized spacial score (nSPS) is 12.1. The molecular formula is C19H20F3NO5. The van der Waals surface area contributed by atoms with Crippen molar-refractivity contribution in [2.75, 3.05) is 28.4 Å². The molecule has 0 saturated heterocycles. The predicted molar refractivity (Wildman–Crippen MR) is 95.1 cm³/mol. The van der Waals surface area contributed by atoms with E-state index < -0.39 is 18.1 Å². The molecule has 0 aliphatic carbocycles. The van der Waals surface area contributed by atoms with Crippen molar-refractivity contribution in [2.45, 2.75) is 12.2 Å². The number of hydrogen-bond donors (Lipinski definition) is 1. The summed E-state index contributed by atoms with van der Waals surface area (Å²) < 4.78 is 59.4. The smallest absolute Gasteiger partial charge is 0.471 e. The number of alkyl halides is 3. The lowest BCUT2D eigenvalue weighted by Gasteiger charge is -2.23. The van der Waals surface area contributed by atoms with Crippen molar-refractivity contribution in [1.29, 1.82) is 0 Å². The summed E-state index contributed by atoms with van der Waals surface area (Å²) in [6.45, 7) is 0. The van der Waals surface area contributed by atoms with Gasteiger partial charge in [0, 0.05) is 0 Å². The van der Waals surface area contributed by atoms with Crippen LogP contribution in [0.5, 0.6) is 23.0 Å². The highest BCUT2D eigenvalue weighted by molar-refractivity contribution is 5.82. The minimum Gasteiger partial charge on any atom is -0.497 e. The van der Waals surface area contributed by atoms with Gasteiger partial charge in [-0.2, -0.15) is 13.2 Å². The Kier molecular flexibility index (Phi) is 6.61. The van der Waals surface area contributed by atoms with Crippen molar-refractivity contribution in [3.05, 3.63) is 47.5 Å². The number of methoxy groups -OCH3 is 4. The summed E-state index contributed by atoms with van der Waals surface area (Å²) in [4.78, 5) is 11.6. The van der Waals surface area contributed by atoms with Gasteiger partial charge < -0.3 is 24.3 Å². The molecule has 152 valence electrons. The second-order valence-corrected chi connectivity index (χ2v) is 5.64. The van der Waals surface area contributed by atoms with Crippen molar-refractivity contribution < 1.29 is 36.9 Å². The van der Waals surface area contributed by atoms with Crippen molar-refractivity contribution in [3.63, 3.8) is 0 Å². The molecule has 28 heavy (non-hydrogen) atoms. The number of amides is 1. The molecule has 2 rings (SSSR count). The lowest BCUT2D eigenvalue weighted by Crippen LogP contribution is -2.39. The molecule has 0 radical (unpaired) electrons. The van der Waals surface area contributed by atoms with Crippen LogP contribution in [0.25, 0.3) is 0 Å². The van der Waals surface area contributed by atoms with Gasteiger partial charge in [0.25, 0.3) is 0 Å². The van der Waals surface area contributed by atoms with Crippen molar-refractivity contribution in [2.24, 2.45) is 0 Å². The van der Waals surface area contributed by atoms with E-state index in [1.165, 1.54) is 40.6 Å². The fraction of sp³-hybridized carbons (Fsp3) is 0.316. The van der Waals surface area contributed by atoms with Gasteiger partial charge in [0.1, 0.15) is 5.75 Å². The molecule has 0 spiro atoms. The van der Waals surface area contributed by atoms with E-state index in [4.69, 9.17) is 18.9 Å². The van der Waals surface area contributed by atoms with Crippen LogP contribution in [0.15, 0.2) is 36.4 Å². The Morgan fingerprint density at radius 1 is 0.857 bits per heavy atom. The fourth-order valence-electron chi connectivity index (χ4n) is 2.64. The topological polar surface area (TPSA) is 66.0 Å². The van der Waals surface area contributed by atoms with Crippen LogP contribution in [-0.2, 0) is 4.79 Å². The van der Waals surface area contributed by atoms with Gasteiger partial charge in [0.15, 0.2) is 11.5 Å². The monoisotopic (exact) mass is 399 g/mol. The number of halogens is 3. The summed E-state index contributed by atoms with van der Waals surface area (Å²) in [6, 6.07) is 8.13. The third-order valence-corrected chi connectivity index (χ3v) is 4.00. The number of ether oxygens (including phenoxy) is 4. The average Bonchev–Trinajstić information content (AvgIpc) is 2.69. The Labute approximate surface area is 160 Å². The highest BCUT2D eigenvalue weighted by atomic mass is 19.4. The summed E-state index contributed by atoms with van der Waals surface area (Å²) in [7, 11) is 5.65. The number of benzene rings is 2. The molecule has 9 heteroatoms. The number of carbonyl (C=O) groups excluding carboxylic acids is 1. The first kappa shape index (κ1) is 21.2. The fourth-order valence-corrected chi connectivity index (χ4v) is 2.64. The van der Waals surface area contributed by atoms with Crippen LogP contribution in [0.1, 0.15) is 17.2 Å². The molecular weight excluding hydrogens is 379 g/mol. The van der Waals surface area contributed by atoms with Gasteiger partial charge in [-0.05, 0) is 35.4 Å². The maximum absolute atomic E-state index is 12.9. The summed E-state index contributed by atoms with van der Waals surface area (Å²) in [5.74, 6) is -0.769. The average molecular weight is 399 g/mol. The SMILES string of the molecule is COc1ccc(C(NC(=O)C(F)(F)F)c2cc(OC)c(OC)c(OC)c2)cc1. The van der Waals surface area contributed by atoms with Crippen molar-refractivity contribution >= 4 is 5.91 Å². The zero-order chi connectivity index (χ0) is 20.9. The number of carbonyl (C=O) groups is 1.